The molecule has 1 aromatic carbocycles. The molecule has 8 heteroatoms. The van der Waals surface area contributed by atoms with Gasteiger partial charge in [-0.15, -0.1) is 0 Å². The smallest absolute Gasteiger partial charge is 0.410 e. The molecule has 27 heavy (non-hydrogen) atoms. The summed E-state index contributed by atoms with van der Waals surface area (Å²) in [5, 5.41) is 0. The molecule has 0 bridgehead atoms. The zero-order valence-corrected chi connectivity index (χ0v) is 17.6. The van der Waals surface area contributed by atoms with Gasteiger partial charge >= 0.3 is 6.09 Å². The molecule has 1 aliphatic heterocycles. The van der Waals surface area contributed by atoms with Crippen molar-refractivity contribution >= 4 is 27.9 Å². The van der Waals surface area contributed by atoms with Crippen molar-refractivity contribution in [3.8, 4) is 0 Å². The molecule has 0 N–H and O–H groups in total. The van der Waals surface area contributed by atoms with E-state index in [9.17, 15) is 18.4 Å². The Kier molecular flexibility index (Phi) is 6.83. The van der Waals surface area contributed by atoms with Gasteiger partial charge in [-0.05, 0) is 51.8 Å². The van der Waals surface area contributed by atoms with E-state index in [0.29, 0.717) is 25.9 Å². The molecule has 2 rings (SSSR count). The SMILES string of the molecule is CN(C(=O)OC(C)(C)C)C1CCN(C(=O)c2ccc(Br)c(C(F)F)c2)CC1. The summed E-state index contributed by atoms with van der Waals surface area (Å²) in [6.07, 6.45) is -1.82. The van der Waals surface area contributed by atoms with Crippen molar-refractivity contribution < 1.29 is 23.1 Å². The average Bonchev–Trinajstić information content (AvgIpc) is 2.59. The zero-order chi connectivity index (χ0) is 20.4. The quantitative estimate of drug-likeness (QED) is 0.665. The Labute approximate surface area is 166 Å². The fourth-order valence-electron chi connectivity index (χ4n) is 2.97. The number of benzene rings is 1. The molecule has 0 aromatic heterocycles. The molecule has 150 valence electrons. The van der Waals surface area contributed by atoms with E-state index in [1.807, 2.05) is 20.8 Å². The summed E-state index contributed by atoms with van der Waals surface area (Å²) in [7, 11) is 1.69. The molecule has 1 aliphatic rings. The van der Waals surface area contributed by atoms with Crippen LogP contribution >= 0.6 is 15.9 Å². The maximum Gasteiger partial charge on any atom is 0.410 e. The van der Waals surface area contributed by atoms with Crippen LogP contribution in [0.25, 0.3) is 0 Å². The molecule has 1 fully saturated rings. The summed E-state index contributed by atoms with van der Waals surface area (Å²) in [6.45, 7) is 6.34. The molecule has 0 radical (unpaired) electrons. The first kappa shape index (κ1) is 21.6. The van der Waals surface area contributed by atoms with Crippen LogP contribution in [0.3, 0.4) is 0 Å². The lowest BCUT2D eigenvalue weighted by Crippen LogP contribution is -2.48. The van der Waals surface area contributed by atoms with Crippen LogP contribution in [-0.2, 0) is 4.74 Å². The van der Waals surface area contributed by atoms with E-state index in [0.717, 1.165) is 0 Å². The molecule has 0 atom stereocenters. The second-order valence-corrected chi connectivity index (χ2v) is 8.51. The number of amides is 2. The Morgan fingerprint density at radius 1 is 1.26 bits per heavy atom. The van der Waals surface area contributed by atoms with Crippen molar-refractivity contribution in [2.24, 2.45) is 0 Å². The van der Waals surface area contributed by atoms with Gasteiger partial charge in [0.25, 0.3) is 12.3 Å². The Hall–Kier alpha value is -1.70. The third kappa shape index (κ3) is 5.64. The maximum absolute atomic E-state index is 13.0. The third-order valence-corrected chi connectivity index (χ3v) is 5.18. The lowest BCUT2D eigenvalue weighted by molar-refractivity contribution is 0.0156. The Morgan fingerprint density at radius 2 is 1.85 bits per heavy atom. The average molecular weight is 447 g/mol. The first-order chi connectivity index (χ1) is 12.5. The largest absolute Gasteiger partial charge is 0.444 e. The van der Waals surface area contributed by atoms with E-state index >= 15 is 0 Å². The predicted octanol–water partition coefficient (Wildman–Crippen LogP) is 4.86. The highest BCUT2D eigenvalue weighted by Crippen LogP contribution is 2.29. The number of halogens is 3. The summed E-state index contributed by atoms with van der Waals surface area (Å²) in [4.78, 5) is 28.0. The molecule has 1 aromatic rings. The number of rotatable bonds is 3. The van der Waals surface area contributed by atoms with E-state index in [1.165, 1.54) is 18.2 Å². The van der Waals surface area contributed by atoms with Crippen molar-refractivity contribution in [2.45, 2.75) is 51.7 Å². The van der Waals surface area contributed by atoms with Crippen LogP contribution in [0.15, 0.2) is 22.7 Å². The van der Waals surface area contributed by atoms with Crippen LogP contribution < -0.4 is 0 Å². The standard InChI is InChI=1S/C19H25BrF2N2O3/c1-19(2,3)27-18(26)23(4)13-7-9-24(10-8-13)17(25)12-5-6-15(20)14(11-12)16(21)22/h5-6,11,13,16H,7-10H2,1-4H3. The number of hydrogen-bond acceptors (Lipinski definition) is 3. The number of nitrogens with zero attached hydrogens (tertiary/aromatic N) is 2. The van der Waals surface area contributed by atoms with Crippen LogP contribution in [-0.4, -0.2) is 53.6 Å². The molecule has 0 spiro atoms. The second-order valence-electron chi connectivity index (χ2n) is 7.65. The van der Waals surface area contributed by atoms with Gasteiger partial charge in [-0.3, -0.25) is 4.79 Å². The van der Waals surface area contributed by atoms with Crippen LogP contribution in [0, 0.1) is 0 Å². The van der Waals surface area contributed by atoms with Gasteiger partial charge in [-0.25, -0.2) is 13.6 Å². The zero-order valence-electron chi connectivity index (χ0n) is 16.0. The monoisotopic (exact) mass is 446 g/mol. The fraction of sp³-hybridized carbons (Fsp3) is 0.579. The van der Waals surface area contributed by atoms with Crippen LogP contribution in [0.4, 0.5) is 13.6 Å². The van der Waals surface area contributed by atoms with Gasteiger partial charge in [0, 0.05) is 41.8 Å². The van der Waals surface area contributed by atoms with E-state index < -0.39 is 12.0 Å². The molecule has 5 nitrogen and oxygen atoms in total. The molecule has 0 saturated carbocycles. The number of piperidine rings is 1. The van der Waals surface area contributed by atoms with Gasteiger partial charge in [-0.1, -0.05) is 15.9 Å². The molecular weight excluding hydrogens is 422 g/mol. The van der Waals surface area contributed by atoms with Crippen molar-refractivity contribution in [1.29, 1.82) is 0 Å². The number of carbonyl (C=O) groups excluding carboxylic acids is 2. The van der Waals surface area contributed by atoms with Gasteiger partial charge < -0.3 is 14.5 Å². The van der Waals surface area contributed by atoms with E-state index in [2.05, 4.69) is 15.9 Å². The molecule has 2 amide bonds. The van der Waals surface area contributed by atoms with Crippen molar-refractivity contribution in [1.82, 2.24) is 9.80 Å². The summed E-state index contributed by atoms with van der Waals surface area (Å²) in [5.41, 5.74) is -0.515. The Morgan fingerprint density at radius 3 is 2.37 bits per heavy atom. The number of alkyl halides is 2. The minimum Gasteiger partial charge on any atom is -0.444 e. The first-order valence-corrected chi connectivity index (χ1v) is 9.61. The van der Waals surface area contributed by atoms with E-state index in [-0.39, 0.29) is 33.6 Å². The van der Waals surface area contributed by atoms with Gasteiger partial charge in [0.05, 0.1) is 0 Å². The van der Waals surface area contributed by atoms with Gasteiger partial charge in [-0.2, -0.15) is 0 Å². The first-order valence-electron chi connectivity index (χ1n) is 8.82. The van der Waals surface area contributed by atoms with Crippen LogP contribution in [0.1, 0.15) is 56.0 Å². The second kappa shape index (κ2) is 8.54. The van der Waals surface area contributed by atoms with E-state index in [4.69, 9.17) is 4.74 Å². The lowest BCUT2D eigenvalue weighted by Gasteiger charge is -2.37. The summed E-state index contributed by atoms with van der Waals surface area (Å²) < 4.78 is 31.7. The predicted molar refractivity (Wildman–Crippen MR) is 102 cm³/mol. The number of hydrogen-bond donors (Lipinski definition) is 0. The molecule has 1 heterocycles. The van der Waals surface area contributed by atoms with Crippen molar-refractivity contribution in [3.05, 3.63) is 33.8 Å². The highest BCUT2D eigenvalue weighted by molar-refractivity contribution is 9.10. The van der Waals surface area contributed by atoms with Crippen LogP contribution in [0.2, 0.25) is 0 Å². The Bertz CT molecular complexity index is 699. The topological polar surface area (TPSA) is 49.9 Å². The maximum atomic E-state index is 13.0. The minimum atomic E-state index is -2.65. The normalized spacial score (nSPS) is 15.8. The van der Waals surface area contributed by atoms with Crippen molar-refractivity contribution in [2.75, 3.05) is 20.1 Å². The molecular formula is C19H25BrF2N2O3. The highest BCUT2D eigenvalue weighted by Gasteiger charge is 2.30. The number of likely N-dealkylation sites (tertiary alicyclic amines) is 1. The van der Waals surface area contributed by atoms with Gasteiger partial charge in [0.15, 0.2) is 0 Å². The Balaban J connectivity index is 1.98. The lowest BCUT2D eigenvalue weighted by atomic mass is 10.0. The fourth-order valence-corrected chi connectivity index (χ4v) is 3.39. The van der Waals surface area contributed by atoms with Gasteiger partial charge in [0.1, 0.15) is 5.60 Å². The molecule has 0 unspecified atom stereocenters. The summed E-state index contributed by atoms with van der Waals surface area (Å²) in [5.74, 6) is -0.275. The summed E-state index contributed by atoms with van der Waals surface area (Å²) in [6, 6.07) is 4.22. The molecule has 1 saturated heterocycles. The molecule has 0 aliphatic carbocycles. The highest BCUT2D eigenvalue weighted by atomic mass is 79.9. The van der Waals surface area contributed by atoms with E-state index in [1.54, 1.807) is 16.8 Å². The summed E-state index contributed by atoms with van der Waals surface area (Å²) >= 11 is 3.08. The third-order valence-electron chi connectivity index (χ3n) is 4.46. The minimum absolute atomic E-state index is 0.0227. The van der Waals surface area contributed by atoms with Crippen LogP contribution in [0.5, 0.6) is 0 Å². The van der Waals surface area contributed by atoms with Gasteiger partial charge in [0.2, 0.25) is 0 Å². The number of carbonyl (C=O) groups is 2. The van der Waals surface area contributed by atoms with Crippen molar-refractivity contribution in [3.63, 3.8) is 0 Å². The number of ether oxygens (including phenoxy) is 1.